The van der Waals surface area contributed by atoms with Crippen LogP contribution >= 0.6 is 0 Å². The molecule has 1 fully saturated rings. The topological polar surface area (TPSA) is 93.0 Å². The number of hydrogen-bond donors (Lipinski definition) is 1. The normalized spacial score (nSPS) is 14.2. The highest BCUT2D eigenvalue weighted by atomic mass is 16.2. The highest BCUT2D eigenvalue weighted by molar-refractivity contribution is 5.90. The Bertz CT molecular complexity index is 724. The van der Waals surface area contributed by atoms with Gasteiger partial charge < -0.3 is 10.2 Å². The number of aryl methyl sites for hydroxylation is 1. The summed E-state index contributed by atoms with van der Waals surface area (Å²) in [4.78, 5) is 26.7. The molecule has 0 radical (unpaired) electrons. The summed E-state index contributed by atoms with van der Waals surface area (Å²) in [5.74, 6) is -0.127. The summed E-state index contributed by atoms with van der Waals surface area (Å²) >= 11 is 0. The Kier molecular flexibility index (Phi) is 4.83. The number of nitrogens with zero attached hydrogens (tertiary/aromatic N) is 5. The predicted molar refractivity (Wildman–Crippen MR) is 86.7 cm³/mol. The lowest BCUT2D eigenvalue weighted by molar-refractivity contribution is -0.127. The van der Waals surface area contributed by atoms with Gasteiger partial charge in [0.25, 0.3) is 11.7 Å². The third-order valence-corrected chi connectivity index (χ3v) is 3.94. The van der Waals surface area contributed by atoms with Crippen LogP contribution in [0.25, 0.3) is 5.69 Å². The van der Waals surface area contributed by atoms with Crippen LogP contribution in [0.2, 0.25) is 0 Å². The van der Waals surface area contributed by atoms with Crippen molar-refractivity contribution in [3.63, 3.8) is 0 Å². The maximum absolute atomic E-state index is 12.0. The van der Waals surface area contributed by atoms with Crippen molar-refractivity contribution in [1.29, 1.82) is 0 Å². The Morgan fingerprint density at radius 1 is 1.29 bits per heavy atom. The van der Waals surface area contributed by atoms with Gasteiger partial charge in [-0.3, -0.25) is 9.59 Å². The molecule has 1 aliphatic heterocycles. The Morgan fingerprint density at radius 3 is 2.79 bits per heavy atom. The highest BCUT2D eigenvalue weighted by Gasteiger charge is 2.19. The molecule has 8 heteroatoms. The Labute approximate surface area is 139 Å². The molecule has 3 rings (SSSR count). The van der Waals surface area contributed by atoms with Crippen molar-refractivity contribution in [2.45, 2.75) is 26.2 Å². The number of nitrogens with one attached hydrogen (secondary N) is 1. The number of carbonyl (C=O) groups excluding carboxylic acids is 2. The van der Waals surface area contributed by atoms with Gasteiger partial charge in [-0.2, -0.15) is 0 Å². The largest absolute Gasteiger partial charge is 0.349 e. The summed E-state index contributed by atoms with van der Waals surface area (Å²) in [7, 11) is 0. The van der Waals surface area contributed by atoms with Crippen LogP contribution in [0.3, 0.4) is 0 Å². The number of aromatic nitrogens is 4. The summed E-state index contributed by atoms with van der Waals surface area (Å²) in [6, 6.07) is 7.62. The molecule has 2 aromatic rings. The van der Waals surface area contributed by atoms with Gasteiger partial charge in [0.2, 0.25) is 5.91 Å². The molecule has 1 aromatic heterocycles. The molecule has 1 saturated heterocycles. The Balaban J connectivity index is 1.48. The average molecular weight is 328 g/mol. The van der Waals surface area contributed by atoms with Gasteiger partial charge in [-0.25, -0.2) is 0 Å². The van der Waals surface area contributed by atoms with Crippen LogP contribution in [0.4, 0.5) is 0 Å². The molecule has 0 bridgehead atoms. The van der Waals surface area contributed by atoms with E-state index in [1.807, 2.05) is 36.1 Å². The van der Waals surface area contributed by atoms with Crippen LogP contribution in [0.1, 0.15) is 35.4 Å². The smallest absolute Gasteiger partial charge is 0.292 e. The van der Waals surface area contributed by atoms with Crippen molar-refractivity contribution in [2.24, 2.45) is 0 Å². The summed E-state index contributed by atoms with van der Waals surface area (Å²) in [6.45, 7) is 3.95. The zero-order chi connectivity index (χ0) is 16.9. The molecule has 0 atom stereocenters. The van der Waals surface area contributed by atoms with E-state index in [-0.39, 0.29) is 17.6 Å². The fraction of sp³-hybridized carbons (Fsp3) is 0.438. The molecule has 8 nitrogen and oxygen atoms in total. The van der Waals surface area contributed by atoms with Gasteiger partial charge >= 0.3 is 0 Å². The number of benzene rings is 1. The van der Waals surface area contributed by atoms with Gasteiger partial charge in [0.15, 0.2) is 0 Å². The predicted octanol–water partition coefficient (Wildman–Crippen LogP) is 0.713. The maximum Gasteiger partial charge on any atom is 0.292 e. The molecule has 24 heavy (non-hydrogen) atoms. The third kappa shape index (κ3) is 3.76. The molecule has 1 N–H and O–H groups in total. The first-order valence-electron chi connectivity index (χ1n) is 8.06. The second kappa shape index (κ2) is 7.20. The van der Waals surface area contributed by atoms with Crippen LogP contribution < -0.4 is 5.32 Å². The number of carbonyl (C=O) groups is 2. The van der Waals surface area contributed by atoms with Gasteiger partial charge in [0, 0.05) is 26.1 Å². The first kappa shape index (κ1) is 16.1. The van der Waals surface area contributed by atoms with Crippen molar-refractivity contribution in [3.8, 4) is 5.69 Å². The summed E-state index contributed by atoms with van der Waals surface area (Å²) in [5, 5.41) is 14.5. The lowest BCUT2D eigenvalue weighted by atomic mass is 10.2. The summed E-state index contributed by atoms with van der Waals surface area (Å²) < 4.78 is 0. The average Bonchev–Trinajstić information content (AvgIpc) is 3.22. The number of likely N-dealkylation sites (tertiary alicyclic amines) is 1. The lowest BCUT2D eigenvalue weighted by Gasteiger charge is -2.14. The van der Waals surface area contributed by atoms with E-state index in [1.54, 1.807) is 0 Å². The van der Waals surface area contributed by atoms with Crippen LogP contribution in [0, 0.1) is 6.92 Å². The molecule has 0 spiro atoms. The zero-order valence-electron chi connectivity index (χ0n) is 13.6. The molecular weight excluding hydrogens is 308 g/mol. The summed E-state index contributed by atoms with van der Waals surface area (Å²) in [5.41, 5.74) is 1.88. The lowest BCUT2D eigenvalue weighted by Crippen LogP contribution is -2.31. The monoisotopic (exact) mass is 328 g/mol. The van der Waals surface area contributed by atoms with Gasteiger partial charge in [-0.1, -0.05) is 17.7 Å². The van der Waals surface area contributed by atoms with Gasteiger partial charge in [0.1, 0.15) is 0 Å². The number of hydrogen-bond acceptors (Lipinski definition) is 5. The van der Waals surface area contributed by atoms with Crippen molar-refractivity contribution in [1.82, 2.24) is 30.4 Å². The van der Waals surface area contributed by atoms with Gasteiger partial charge in [0.05, 0.1) is 5.69 Å². The molecule has 0 unspecified atom stereocenters. The van der Waals surface area contributed by atoms with E-state index < -0.39 is 0 Å². The van der Waals surface area contributed by atoms with Crippen molar-refractivity contribution in [2.75, 3.05) is 19.6 Å². The minimum atomic E-state index is -0.360. The fourth-order valence-corrected chi connectivity index (χ4v) is 2.58. The van der Waals surface area contributed by atoms with E-state index in [9.17, 15) is 9.59 Å². The van der Waals surface area contributed by atoms with Crippen LogP contribution in [0.15, 0.2) is 24.3 Å². The van der Waals surface area contributed by atoms with Crippen LogP contribution in [-0.4, -0.2) is 56.6 Å². The standard InChI is InChI=1S/C16H20N6O2/c1-12-5-7-13(8-6-12)22-19-15(18-20-22)16(24)17-9-3-11-21-10-2-4-14(21)23/h5-8H,2-4,9-11H2,1H3,(H,17,24). The highest BCUT2D eigenvalue weighted by Crippen LogP contribution is 2.09. The van der Waals surface area contributed by atoms with E-state index in [0.717, 1.165) is 24.2 Å². The molecule has 1 aromatic carbocycles. The first-order chi connectivity index (χ1) is 11.6. The van der Waals surface area contributed by atoms with E-state index in [4.69, 9.17) is 0 Å². The Hall–Kier alpha value is -2.77. The fourth-order valence-electron chi connectivity index (χ4n) is 2.58. The minimum Gasteiger partial charge on any atom is -0.349 e. The number of tetrazole rings is 1. The molecule has 0 aliphatic carbocycles. The second-order valence-corrected chi connectivity index (χ2v) is 5.83. The molecule has 2 heterocycles. The van der Waals surface area contributed by atoms with Crippen molar-refractivity contribution in [3.05, 3.63) is 35.7 Å². The first-order valence-corrected chi connectivity index (χ1v) is 8.06. The van der Waals surface area contributed by atoms with Crippen LogP contribution in [-0.2, 0) is 4.79 Å². The van der Waals surface area contributed by atoms with E-state index in [1.165, 1.54) is 4.80 Å². The number of amides is 2. The minimum absolute atomic E-state index is 0.0350. The van der Waals surface area contributed by atoms with E-state index in [2.05, 4.69) is 20.7 Å². The van der Waals surface area contributed by atoms with Crippen molar-refractivity contribution < 1.29 is 9.59 Å². The Morgan fingerprint density at radius 2 is 2.08 bits per heavy atom. The van der Waals surface area contributed by atoms with Crippen molar-refractivity contribution >= 4 is 11.8 Å². The van der Waals surface area contributed by atoms with Gasteiger partial charge in [-0.05, 0) is 37.1 Å². The van der Waals surface area contributed by atoms with Crippen LogP contribution in [0.5, 0.6) is 0 Å². The molecular formula is C16H20N6O2. The third-order valence-electron chi connectivity index (χ3n) is 3.94. The SMILES string of the molecule is Cc1ccc(-n2nnc(C(=O)NCCCN3CCCC3=O)n2)cc1. The van der Waals surface area contributed by atoms with E-state index >= 15 is 0 Å². The molecule has 2 amide bonds. The molecule has 126 valence electrons. The van der Waals surface area contributed by atoms with Gasteiger partial charge in [-0.15, -0.1) is 15.0 Å². The maximum atomic E-state index is 12.0. The quantitative estimate of drug-likeness (QED) is 0.789. The zero-order valence-corrected chi connectivity index (χ0v) is 13.6. The molecule has 1 aliphatic rings. The molecule has 0 saturated carbocycles. The summed E-state index contributed by atoms with van der Waals surface area (Å²) in [6.07, 6.45) is 2.28. The second-order valence-electron chi connectivity index (χ2n) is 5.83. The van der Waals surface area contributed by atoms with E-state index in [0.29, 0.717) is 25.9 Å². The number of rotatable bonds is 6.